The smallest absolute Gasteiger partial charge is 0.395 e. The molecule has 1 saturated carbocycles. The first-order valence-corrected chi connectivity index (χ1v) is 7.38. The summed E-state index contributed by atoms with van der Waals surface area (Å²) in [6.07, 6.45) is 3.32. The van der Waals surface area contributed by atoms with Crippen molar-refractivity contribution in [2.45, 2.75) is 31.7 Å². The molecule has 22 heavy (non-hydrogen) atoms. The van der Waals surface area contributed by atoms with Crippen LogP contribution in [0.25, 0.3) is 0 Å². The molecule has 1 saturated heterocycles. The zero-order valence-corrected chi connectivity index (χ0v) is 12.0. The Morgan fingerprint density at radius 1 is 1.23 bits per heavy atom. The van der Waals surface area contributed by atoms with Crippen LogP contribution in [0.5, 0.6) is 0 Å². The Bertz CT molecular complexity index is 599. The molecule has 3 rings (SSSR count). The topological polar surface area (TPSA) is 106 Å². The number of carbonyl (C=O) groups excluding carboxylic acids is 2. The molecule has 0 bridgehead atoms. The monoisotopic (exact) mass is 307 g/mol. The van der Waals surface area contributed by atoms with Crippen LogP contribution in [0.4, 0.5) is 5.88 Å². The number of nitrogens with zero attached hydrogens (tertiary/aromatic N) is 2. The normalized spacial score (nSPS) is 19.0. The maximum absolute atomic E-state index is 12.2. The maximum atomic E-state index is 12.2. The number of amides is 2. The summed E-state index contributed by atoms with van der Waals surface area (Å²) < 4.78 is 4.93. The third-order valence-electron chi connectivity index (χ3n) is 4.06. The highest BCUT2D eigenvalue weighted by atomic mass is 16.6. The molecule has 2 amide bonds. The number of furan rings is 1. The third-order valence-corrected chi connectivity index (χ3v) is 4.06. The Labute approximate surface area is 126 Å². The van der Waals surface area contributed by atoms with Gasteiger partial charge in [0.15, 0.2) is 5.76 Å². The molecule has 0 aromatic carbocycles. The molecule has 1 aliphatic carbocycles. The van der Waals surface area contributed by atoms with E-state index in [1.54, 1.807) is 4.90 Å². The van der Waals surface area contributed by atoms with Gasteiger partial charge in [0.1, 0.15) is 4.92 Å². The number of likely N-dealkylation sites (tertiary alicyclic amines) is 1. The van der Waals surface area contributed by atoms with E-state index < -0.39 is 10.8 Å². The Kier molecular flexibility index (Phi) is 3.82. The molecule has 0 spiro atoms. The highest BCUT2D eigenvalue weighted by Crippen LogP contribution is 2.29. The van der Waals surface area contributed by atoms with Crippen molar-refractivity contribution >= 4 is 17.7 Å². The number of carbonyl (C=O) groups is 2. The van der Waals surface area contributed by atoms with Gasteiger partial charge in [0, 0.05) is 25.0 Å². The molecule has 118 valence electrons. The van der Waals surface area contributed by atoms with Gasteiger partial charge in [-0.2, -0.15) is 0 Å². The lowest BCUT2D eigenvalue weighted by Gasteiger charge is -2.31. The van der Waals surface area contributed by atoms with Gasteiger partial charge in [0.25, 0.3) is 5.91 Å². The Morgan fingerprint density at radius 2 is 1.91 bits per heavy atom. The predicted molar refractivity (Wildman–Crippen MR) is 75.2 cm³/mol. The zero-order valence-electron chi connectivity index (χ0n) is 12.0. The van der Waals surface area contributed by atoms with Crippen molar-refractivity contribution in [2.24, 2.45) is 5.92 Å². The second-order valence-corrected chi connectivity index (χ2v) is 5.74. The largest absolute Gasteiger partial charge is 0.433 e. The fraction of sp³-hybridized carbons (Fsp3) is 0.571. The standard InChI is InChI=1S/C14H17N3O5/c18-13(9-1-2-9)15-10-5-7-16(8-6-10)14(19)11-3-4-12(22-11)17(20)21/h3-4,9-10H,1-2,5-8H2,(H,15,18). The van der Waals surface area contributed by atoms with Gasteiger partial charge < -0.3 is 14.6 Å². The number of hydrogen-bond acceptors (Lipinski definition) is 5. The van der Waals surface area contributed by atoms with E-state index >= 15 is 0 Å². The van der Waals surface area contributed by atoms with E-state index in [2.05, 4.69) is 5.32 Å². The average Bonchev–Trinajstić information content (AvgIpc) is 3.24. The lowest BCUT2D eigenvalue weighted by molar-refractivity contribution is -0.402. The number of nitro groups is 1. The van der Waals surface area contributed by atoms with Gasteiger partial charge in [-0.15, -0.1) is 0 Å². The molecule has 0 atom stereocenters. The molecule has 8 heteroatoms. The second kappa shape index (κ2) is 5.78. The molecule has 8 nitrogen and oxygen atoms in total. The summed E-state index contributed by atoms with van der Waals surface area (Å²) in [6, 6.07) is 2.60. The molecule has 2 fully saturated rings. The quantitative estimate of drug-likeness (QED) is 0.667. The van der Waals surface area contributed by atoms with Crippen LogP contribution in [0.2, 0.25) is 0 Å². The summed E-state index contributed by atoms with van der Waals surface area (Å²) in [5.41, 5.74) is 0. The van der Waals surface area contributed by atoms with Crippen LogP contribution in [0.3, 0.4) is 0 Å². The van der Waals surface area contributed by atoms with E-state index in [0.29, 0.717) is 25.9 Å². The molecule has 0 radical (unpaired) electrons. The number of nitrogens with one attached hydrogen (secondary N) is 1. The fourth-order valence-electron chi connectivity index (χ4n) is 2.59. The molecule has 1 aromatic heterocycles. The molecule has 2 aliphatic rings. The van der Waals surface area contributed by atoms with Crippen molar-refractivity contribution in [1.29, 1.82) is 0 Å². The van der Waals surface area contributed by atoms with E-state index in [9.17, 15) is 19.7 Å². The van der Waals surface area contributed by atoms with Gasteiger partial charge in [0.05, 0.1) is 6.07 Å². The SMILES string of the molecule is O=C(NC1CCN(C(=O)c2ccc([N+](=O)[O-])o2)CC1)C1CC1. The first-order chi connectivity index (χ1) is 10.5. The van der Waals surface area contributed by atoms with Crippen LogP contribution in [0, 0.1) is 16.0 Å². The third kappa shape index (κ3) is 3.10. The van der Waals surface area contributed by atoms with E-state index in [0.717, 1.165) is 12.8 Å². The van der Waals surface area contributed by atoms with E-state index in [-0.39, 0.29) is 29.5 Å². The summed E-state index contributed by atoms with van der Waals surface area (Å²) in [4.78, 5) is 35.4. The molecular weight excluding hydrogens is 290 g/mol. The van der Waals surface area contributed by atoms with E-state index in [1.807, 2.05) is 0 Å². The Balaban J connectivity index is 1.52. The van der Waals surface area contributed by atoms with E-state index in [4.69, 9.17) is 4.42 Å². The summed E-state index contributed by atoms with van der Waals surface area (Å²) >= 11 is 0. The molecular formula is C14H17N3O5. The van der Waals surface area contributed by atoms with Crippen LogP contribution in [-0.4, -0.2) is 40.8 Å². The molecule has 1 N–H and O–H groups in total. The summed E-state index contributed by atoms with van der Waals surface area (Å²) in [7, 11) is 0. The van der Waals surface area contributed by atoms with Gasteiger partial charge in [-0.25, -0.2) is 0 Å². The van der Waals surface area contributed by atoms with Crippen molar-refractivity contribution in [2.75, 3.05) is 13.1 Å². The highest BCUT2D eigenvalue weighted by molar-refractivity contribution is 5.91. The minimum Gasteiger partial charge on any atom is -0.395 e. The predicted octanol–water partition coefficient (Wildman–Crippen LogP) is 1.32. The Morgan fingerprint density at radius 3 is 2.45 bits per heavy atom. The van der Waals surface area contributed by atoms with Crippen molar-refractivity contribution in [1.82, 2.24) is 10.2 Å². The first kappa shape index (κ1) is 14.6. The van der Waals surface area contributed by atoms with Crippen molar-refractivity contribution in [3.8, 4) is 0 Å². The number of hydrogen-bond donors (Lipinski definition) is 1. The fourth-order valence-corrected chi connectivity index (χ4v) is 2.59. The van der Waals surface area contributed by atoms with Crippen molar-refractivity contribution in [3.05, 3.63) is 28.0 Å². The van der Waals surface area contributed by atoms with Crippen LogP contribution < -0.4 is 5.32 Å². The van der Waals surface area contributed by atoms with Gasteiger partial charge in [0.2, 0.25) is 5.91 Å². The van der Waals surface area contributed by atoms with Gasteiger partial charge in [-0.05, 0) is 31.7 Å². The van der Waals surface area contributed by atoms with Gasteiger partial charge >= 0.3 is 5.88 Å². The van der Waals surface area contributed by atoms with Gasteiger partial charge in [-0.3, -0.25) is 19.7 Å². The second-order valence-electron chi connectivity index (χ2n) is 5.74. The minimum atomic E-state index is -0.670. The van der Waals surface area contributed by atoms with Crippen LogP contribution in [0.1, 0.15) is 36.2 Å². The lowest BCUT2D eigenvalue weighted by Crippen LogP contribution is -2.46. The van der Waals surface area contributed by atoms with E-state index in [1.165, 1.54) is 12.1 Å². The zero-order chi connectivity index (χ0) is 15.7. The number of piperidine rings is 1. The summed E-state index contributed by atoms with van der Waals surface area (Å²) in [6.45, 7) is 1.01. The lowest BCUT2D eigenvalue weighted by atomic mass is 10.0. The van der Waals surface area contributed by atoms with Crippen LogP contribution >= 0.6 is 0 Å². The summed E-state index contributed by atoms with van der Waals surface area (Å²) in [5.74, 6) is -0.503. The van der Waals surface area contributed by atoms with Crippen molar-refractivity contribution < 1.29 is 18.9 Å². The van der Waals surface area contributed by atoms with Crippen molar-refractivity contribution in [3.63, 3.8) is 0 Å². The highest BCUT2D eigenvalue weighted by Gasteiger charge is 2.32. The minimum absolute atomic E-state index is 0.0211. The molecule has 0 unspecified atom stereocenters. The number of rotatable bonds is 4. The summed E-state index contributed by atoms with van der Waals surface area (Å²) in [5, 5.41) is 13.6. The van der Waals surface area contributed by atoms with Crippen LogP contribution in [-0.2, 0) is 4.79 Å². The molecule has 1 aromatic rings. The Hall–Kier alpha value is -2.38. The first-order valence-electron chi connectivity index (χ1n) is 7.38. The maximum Gasteiger partial charge on any atom is 0.433 e. The van der Waals surface area contributed by atoms with Gasteiger partial charge in [-0.1, -0.05) is 0 Å². The molecule has 2 heterocycles. The van der Waals surface area contributed by atoms with Crippen LogP contribution in [0.15, 0.2) is 16.5 Å². The average molecular weight is 307 g/mol. The molecule has 1 aliphatic heterocycles.